The van der Waals surface area contributed by atoms with Crippen LogP contribution < -0.4 is 4.74 Å². The van der Waals surface area contributed by atoms with Crippen LogP contribution in [0.25, 0.3) is 11.3 Å². The molecule has 0 amide bonds. The Kier molecular flexibility index (Phi) is 9.03. The van der Waals surface area contributed by atoms with E-state index in [-0.39, 0.29) is 12.4 Å². The van der Waals surface area contributed by atoms with Gasteiger partial charge in [-0.15, -0.1) is 0 Å². The summed E-state index contributed by atoms with van der Waals surface area (Å²) in [5.41, 5.74) is 3.58. The van der Waals surface area contributed by atoms with Crippen LogP contribution in [-0.4, -0.2) is 39.0 Å². The number of aliphatic hydroxyl groups excluding tert-OH is 1. The monoisotopic (exact) mass is 541 g/mol. The van der Waals surface area contributed by atoms with Crippen LogP contribution in [0.2, 0.25) is 0 Å². The highest BCUT2D eigenvalue weighted by Gasteiger charge is 2.24. The van der Waals surface area contributed by atoms with Crippen LogP contribution in [0.15, 0.2) is 108 Å². The van der Waals surface area contributed by atoms with Gasteiger partial charge in [0.25, 0.3) is 0 Å². The Labute approximate surface area is 233 Å². The molecular weight excluding hydrogens is 509 g/mol. The molecule has 3 aromatic carbocycles. The van der Waals surface area contributed by atoms with Gasteiger partial charge in [-0.2, -0.15) is 5.10 Å². The first-order valence-corrected chi connectivity index (χ1v) is 13.1. The van der Waals surface area contributed by atoms with E-state index in [0.29, 0.717) is 37.9 Å². The molecule has 1 atom stereocenters. The van der Waals surface area contributed by atoms with Gasteiger partial charge in [-0.3, -0.25) is 4.90 Å². The maximum atomic E-state index is 13.5. The van der Waals surface area contributed by atoms with Crippen LogP contribution in [0.5, 0.6) is 11.6 Å². The number of aliphatic hydroxyl groups is 1. The fourth-order valence-corrected chi connectivity index (χ4v) is 4.53. The zero-order valence-corrected chi connectivity index (χ0v) is 22.3. The smallest absolute Gasteiger partial charge is 0.222 e. The third-order valence-electron chi connectivity index (χ3n) is 6.40. The Bertz CT molecular complexity index is 1460. The largest absolute Gasteiger partial charge is 0.468 e. The Hall–Kier alpha value is -4.24. The average molecular weight is 542 g/mol. The number of aromatic nitrogens is 2. The van der Waals surface area contributed by atoms with E-state index in [2.05, 4.69) is 4.90 Å². The zero-order chi connectivity index (χ0) is 27.7. The Morgan fingerprint density at radius 1 is 0.925 bits per heavy atom. The molecule has 40 heavy (non-hydrogen) atoms. The minimum absolute atomic E-state index is 0.182. The van der Waals surface area contributed by atoms with E-state index in [1.165, 1.54) is 12.1 Å². The van der Waals surface area contributed by atoms with Crippen molar-refractivity contribution in [1.29, 1.82) is 0 Å². The van der Waals surface area contributed by atoms with Crippen LogP contribution in [0.3, 0.4) is 0 Å². The molecule has 0 saturated carbocycles. The molecular formula is C32H32FN3O4. The van der Waals surface area contributed by atoms with Gasteiger partial charge >= 0.3 is 0 Å². The predicted octanol–water partition coefficient (Wildman–Crippen LogP) is 6.19. The van der Waals surface area contributed by atoms with Gasteiger partial charge in [0.05, 0.1) is 37.7 Å². The Morgan fingerprint density at radius 3 is 2.35 bits per heavy atom. The summed E-state index contributed by atoms with van der Waals surface area (Å²) >= 11 is 0. The molecule has 5 aromatic rings. The molecule has 0 fully saturated rings. The third-order valence-corrected chi connectivity index (χ3v) is 6.40. The minimum Gasteiger partial charge on any atom is -0.468 e. The molecule has 8 heteroatoms. The second kappa shape index (κ2) is 13.2. The fraction of sp³-hybridized carbons (Fsp3) is 0.219. The zero-order valence-electron chi connectivity index (χ0n) is 22.3. The van der Waals surface area contributed by atoms with Crippen LogP contribution >= 0.6 is 0 Å². The van der Waals surface area contributed by atoms with E-state index >= 15 is 0 Å². The number of hydrogen-bond acceptors (Lipinski definition) is 6. The van der Waals surface area contributed by atoms with Crippen LogP contribution in [0.1, 0.15) is 16.9 Å². The first-order valence-electron chi connectivity index (χ1n) is 13.1. The summed E-state index contributed by atoms with van der Waals surface area (Å²) in [5.74, 6) is 1.46. The fourth-order valence-electron chi connectivity index (χ4n) is 4.53. The van der Waals surface area contributed by atoms with Gasteiger partial charge in [-0.25, -0.2) is 9.07 Å². The molecule has 1 unspecified atom stereocenters. The van der Waals surface area contributed by atoms with Crippen LogP contribution in [-0.2, 0) is 31.5 Å². The van der Waals surface area contributed by atoms with Crippen molar-refractivity contribution in [2.45, 2.75) is 25.8 Å². The van der Waals surface area contributed by atoms with Gasteiger partial charge in [0.1, 0.15) is 23.0 Å². The molecule has 0 bridgehead atoms. The number of hydrogen-bond donors (Lipinski definition) is 1. The van der Waals surface area contributed by atoms with Crippen molar-refractivity contribution in [3.8, 4) is 22.9 Å². The standard InChI is InChI=1S/C32H32FN3O4/c1-35-32(40-28-16-14-26(33)15-17-28)30(31(34-35)25-11-6-3-7-12-25)21-36(20-29-13-8-18-39-29)19-27(37)23-38-22-24-9-4-2-5-10-24/h2-18,27,37H,19-23H2,1H3. The first-order chi connectivity index (χ1) is 19.5. The Morgan fingerprint density at radius 2 is 1.65 bits per heavy atom. The molecule has 206 valence electrons. The topological polar surface area (TPSA) is 72.9 Å². The van der Waals surface area contributed by atoms with E-state index < -0.39 is 6.10 Å². The summed E-state index contributed by atoms with van der Waals surface area (Å²) in [6.07, 6.45) is 0.895. The predicted molar refractivity (Wildman–Crippen MR) is 150 cm³/mol. The maximum absolute atomic E-state index is 13.5. The van der Waals surface area contributed by atoms with Gasteiger partial charge < -0.3 is 19.0 Å². The number of benzene rings is 3. The summed E-state index contributed by atoms with van der Waals surface area (Å²) in [4.78, 5) is 2.08. The molecule has 0 radical (unpaired) electrons. The van der Waals surface area contributed by atoms with E-state index in [4.69, 9.17) is 19.0 Å². The van der Waals surface area contributed by atoms with Crippen LogP contribution in [0, 0.1) is 5.82 Å². The van der Waals surface area contributed by atoms with Crippen molar-refractivity contribution in [2.75, 3.05) is 13.2 Å². The summed E-state index contributed by atoms with van der Waals surface area (Å²) in [7, 11) is 1.82. The van der Waals surface area contributed by atoms with Crippen molar-refractivity contribution in [2.24, 2.45) is 7.05 Å². The van der Waals surface area contributed by atoms with E-state index in [9.17, 15) is 9.50 Å². The molecule has 0 spiro atoms. The number of aryl methyl sites for hydroxylation is 1. The van der Waals surface area contributed by atoms with Gasteiger partial charge in [-0.1, -0.05) is 60.7 Å². The molecule has 0 aliphatic rings. The highest BCUT2D eigenvalue weighted by molar-refractivity contribution is 5.65. The second-order valence-electron chi connectivity index (χ2n) is 9.58. The van der Waals surface area contributed by atoms with E-state index in [1.807, 2.05) is 79.8 Å². The third kappa shape index (κ3) is 7.24. The second-order valence-corrected chi connectivity index (χ2v) is 9.58. The molecule has 0 saturated heterocycles. The number of furan rings is 1. The van der Waals surface area contributed by atoms with Crippen molar-refractivity contribution in [3.05, 3.63) is 126 Å². The highest BCUT2D eigenvalue weighted by Crippen LogP contribution is 2.34. The number of ether oxygens (including phenoxy) is 2. The van der Waals surface area contributed by atoms with Crippen molar-refractivity contribution < 1.29 is 23.4 Å². The van der Waals surface area contributed by atoms with Crippen molar-refractivity contribution >= 4 is 0 Å². The molecule has 1 N–H and O–H groups in total. The lowest BCUT2D eigenvalue weighted by molar-refractivity contribution is 0.00606. The summed E-state index contributed by atoms with van der Waals surface area (Å²) in [5, 5.41) is 15.7. The first kappa shape index (κ1) is 27.3. The number of nitrogens with zero attached hydrogens (tertiary/aromatic N) is 3. The molecule has 2 heterocycles. The SMILES string of the molecule is Cn1nc(-c2ccccc2)c(CN(Cc2ccco2)CC(O)COCc2ccccc2)c1Oc1ccc(F)cc1. The highest BCUT2D eigenvalue weighted by atomic mass is 19.1. The molecule has 0 aliphatic heterocycles. The van der Waals surface area contributed by atoms with Gasteiger partial charge in [0, 0.05) is 25.7 Å². The number of halogens is 1. The summed E-state index contributed by atoms with van der Waals surface area (Å²) in [6, 6.07) is 29.4. The average Bonchev–Trinajstić information content (AvgIpc) is 3.59. The quantitative estimate of drug-likeness (QED) is 0.192. The van der Waals surface area contributed by atoms with Crippen molar-refractivity contribution in [3.63, 3.8) is 0 Å². The molecule has 0 aliphatic carbocycles. The normalized spacial score (nSPS) is 12.1. The van der Waals surface area contributed by atoms with Gasteiger partial charge in [0.15, 0.2) is 0 Å². The molecule has 5 rings (SSSR count). The van der Waals surface area contributed by atoms with E-state index in [1.54, 1.807) is 23.1 Å². The lowest BCUT2D eigenvalue weighted by Gasteiger charge is -2.25. The molecule has 2 aromatic heterocycles. The van der Waals surface area contributed by atoms with Crippen molar-refractivity contribution in [1.82, 2.24) is 14.7 Å². The van der Waals surface area contributed by atoms with E-state index in [0.717, 1.165) is 28.1 Å². The molecule has 7 nitrogen and oxygen atoms in total. The lowest BCUT2D eigenvalue weighted by Crippen LogP contribution is -2.34. The minimum atomic E-state index is -0.739. The van der Waals surface area contributed by atoms with Gasteiger partial charge in [0.2, 0.25) is 5.88 Å². The Balaban J connectivity index is 1.40. The summed E-state index contributed by atoms with van der Waals surface area (Å²) < 4.78 is 32.9. The lowest BCUT2D eigenvalue weighted by atomic mass is 10.1. The number of rotatable bonds is 13. The summed E-state index contributed by atoms with van der Waals surface area (Å²) in [6.45, 7) is 1.80. The maximum Gasteiger partial charge on any atom is 0.222 e. The van der Waals surface area contributed by atoms with Crippen LogP contribution in [0.4, 0.5) is 4.39 Å². The van der Waals surface area contributed by atoms with Gasteiger partial charge in [-0.05, 0) is 42.0 Å².